The molecule has 0 aliphatic heterocycles. The molecule has 0 spiro atoms. The number of sulfonamides is 1. The first-order valence-electron chi connectivity index (χ1n) is 5.85. The topological polar surface area (TPSA) is 101 Å². The maximum Gasteiger partial charge on any atom is 0.304 e. The van der Waals surface area contributed by atoms with Gasteiger partial charge in [-0.05, 0) is 29.3 Å². The van der Waals surface area contributed by atoms with Gasteiger partial charge < -0.3 is 5.32 Å². The Bertz CT molecular complexity index is 737. The molecule has 0 saturated heterocycles. The zero-order valence-corrected chi connectivity index (χ0v) is 13.6. The van der Waals surface area contributed by atoms with Crippen molar-refractivity contribution in [2.45, 2.75) is 17.2 Å². The fourth-order valence-corrected chi connectivity index (χ4v) is 4.97. The van der Waals surface area contributed by atoms with Gasteiger partial charge in [-0.15, -0.1) is 0 Å². The molecule has 114 valence electrons. The van der Waals surface area contributed by atoms with E-state index in [1.807, 2.05) is 16.8 Å². The number of anilines is 1. The molecule has 2 heterocycles. The average Bonchev–Trinajstić information content (AvgIpc) is 3.07. The van der Waals surface area contributed by atoms with Crippen molar-refractivity contribution in [3.63, 3.8) is 0 Å². The molecule has 2 aromatic rings. The van der Waals surface area contributed by atoms with Gasteiger partial charge in [-0.3, -0.25) is 10.1 Å². The van der Waals surface area contributed by atoms with Crippen molar-refractivity contribution in [3.8, 4) is 0 Å². The van der Waals surface area contributed by atoms with Crippen molar-refractivity contribution in [2.75, 3.05) is 12.4 Å². The Hall–Kier alpha value is -1.49. The minimum Gasteiger partial charge on any atom is -0.374 e. The first kappa shape index (κ1) is 15.9. The number of hydrogen-bond acceptors (Lipinski definition) is 7. The predicted molar refractivity (Wildman–Crippen MR) is 83.6 cm³/mol. The summed E-state index contributed by atoms with van der Waals surface area (Å²) in [6.07, 6.45) is 0. The lowest BCUT2D eigenvalue weighted by Crippen LogP contribution is -2.25. The molecule has 0 aromatic carbocycles. The van der Waals surface area contributed by atoms with Crippen LogP contribution in [0.25, 0.3) is 0 Å². The summed E-state index contributed by atoms with van der Waals surface area (Å²) in [6, 6.07) is 2.49. The van der Waals surface area contributed by atoms with Gasteiger partial charge in [0.15, 0.2) is 5.00 Å². The SMILES string of the molecule is CNc1sc(S(=O)(=O)NC(C)c2ccsc2)cc1[N+](=O)[O-]. The largest absolute Gasteiger partial charge is 0.374 e. The van der Waals surface area contributed by atoms with Gasteiger partial charge in [0.1, 0.15) is 4.21 Å². The van der Waals surface area contributed by atoms with Crippen LogP contribution in [0.4, 0.5) is 10.7 Å². The van der Waals surface area contributed by atoms with Crippen molar-refractivity contribution in [1.29, 1.82) is 0 Å². The molecule has 1 unspecified atom stereocenters. The third kappa shape index (κ3) is 3.40. The van der Waals surface area contributed by atoms with Gasteiger partial charge in [-0.1, -0.05) is 11.3 Å². The Morgan fingerprint density at radius 2 is 2.14 bits per heavy atom. The lowest BCUT2D eigenvalue weighted by atomic mass is 10.2. The number of hydrogen-bond donors (Lipinski definition) is 2. The normalized spacial score (nSPS) is 13.0. The first-order chi connectivity index (χ1) is 9.85. The minimum atomic E-state index is -3.80. The number of rotatable bonds is 6. The van der Waals surface area contributed by atoms with Crippen molar-refractivity contribution in [1.82, 2.24) is 4.72 Å². The smallest absolute Gasteiger partial charge is 0.304 e. The number of thiophene rings is 2. The van der Waals surface area contributed by atoms with E-state index in [1.54, 1.807) is 6.92 Å². The highest BCUT2D eigenvalue weighted by Crippen LogP contribution is 2.37. The molecule has 0 bridgehead atoms. The molecule has 2 N–H and O–H groups in total. The highest BCUT2D eigenvalue weighted by Gasteiger charge is 2.27. The van der Waals surface area contributed by atoms with E-state index in [2.05, 4.69) is 10.0 Å². The van der Waals surface area contributed by atoms with Crippen LogP contribution in [0.3, 0.4) is 0 Å². The Labute approximate surface area is 129 Å². The monoisotopic (exact) mass is 347 g/mol. The molecule has 21 heavy (non-hydrogen) atoms. The second-order valence-electron chi connectivity index (χ2n) is 4.19. The summed E-state index contributed by atoms with van der Waals surface area (Å²) in [6.45, 7) is 1.72. The molecule has 2 aromatic heterocycles. The van der Waals surface area contributed by atoms with Crippen LogP contribution < -0.4 is 10.0 Å². The van der Waals surface area contributed by atoms with Crippen LogP contribution in [0, 0.1) is 10.1 Å². The number of nitrogens with zero attached hydrogens (tertiary/aromatic N) is 1. The summed E-state index contributed by atoms with van der Waals surface area (Å²) < 4.78 is 27.0. The summed E-state index contributed by atoms with van der Waals surface area (Å²) in [5.74, 6) is 0. The van der Waals surface area contributed by atoms with Gasteiger partial charge in [0, 0.05) is 19.2 Å². The molecule has 0 saturated carbocycles. The summed E-state index contributed by atoms with van der Waals surface area (Å²) in [7, 11) is -2.29. The zero-order valence-electron chi connectivity index (χ0n) is 11.2. The minimum absolute atomic E-state index is 0.0828. The maximum absolute atomic E-state index is 12.3. The Kier molecular flexibility index (Phi) is 4.61. The van der Waals surface area contributed by atoms with E-state index in [9.17, 15) is 18.5 Å². The average molecular weight is 347 g/mol. The summed E-state index contributed by atoms with van der Waals surface area (Å²) >= 11 is 2.31. The molecule has 10 heteroatoms. The van der Waals surface area contributed by atoms with E-state index in [0.29, 0.717) is 0 Å². The van der Waals surface area contributed by atoms with Crippen LogP contribution in [-0.4, -0.2) is 20.4 Å². The molecule has 1 atom stereocenters. The number of nitro groups is 1. The van der Waals surface area contributed by atoms with Crippen LogP contribution in [0.15, 0.2) is 27.1 Å². The molecule has 0 amide bonds. The van der Waals surface area contributed by atoms with E-state index in [-0.39, 0.29) is 14.9 Å². The van der Waals surface area contributed by atoms with Gasteiger partial charge >= 0.3 is 5.69 Å². The summed E-state index contributed by atoms with van der Waals surface area (Å²) in [5, 5.41) is 17.4. The van der Waals surface area contributed by atoms with Gasteiger partial charge in [-0.2, -0.15) is 11.3 Å². The van der Waals surface area contributed by atoms with E-state index in [1.165, 1.54) is 18.4 Å². The van der Waals surface area contributed by atoms with Gasteiger partial charge in [0.25, 0.3) is 10.0 Å². The number of nitrogens with one attached hydrogen (secondary N) is 2. The van der Waals surface area contributed by atoms with Crippen LogP contribution in [0.2, 0.25) is 0 Å². The first-order valence-corrected chi connectivity index (χ1v) is 9.10. The van der Waals surface area contributed by atoms with Gasteiger partial charge in [0.05, 0.1) is 4.92 Å². The van der Waals surface area contributed by atoms with E-state index in [4.69, 9.17) is 0 Å². The third-order valence-electron chi connectivity index (χ3n) is 2.75. The second kappa shape index (κ2) is 6.10. The van der Waals surface area contributed by atoms with Crippen molar-refractivity contribution >= 4 is 43.4 Å². The standard InChI is InChI=1S/C11H13N3O4S3/c1-7(8-3-4-19-6-8)13-21(17,18)10-5-9(14(15)16)11(12-2)20-10/h3-7,12-13H,1-2H3. The van der Waals surface area contributed by atoms with E-state index < -0.39 is 21.0 Å². The molecule has 7 nitrogen and oxygen atoms in total. The lowest BCUT2D eigenvalue weighted by Gasteiger charge is -2.11. The molecular formula is C11H13N3O4S3. The molecule has 0 radical (unpaired) electrons. The van der Waals surface area contributed by atoms with E-state index in [0.717, 1.165) is 23.0 Å². The zero-order chi connectivity index (χ0) is 15.6. The van der Waals surface area contributed by atoms with Crippen molar-refractivity contribution in [3.05, 3.63) is 38.6 Å². The van der Waals surface area contributed by atoms with Gasteiger partial charge in [-0.25, -0.2) is 13.1 Å². The van der Waals surface area contributed by atoms with Crippen molar-refractivity contribution in [2.24, 2.45) is 0 Å². The van der Waals surface area contributed by atoms with Gasteiger partial charge in [0.2, 0.25) is 0 Å². The van der Waals surface area contributed by atoms with Crippen LogP contribution in [0.5, 0.6) is 0 Å². The summed E-state index contributed by atoms with van der Waals surface area (Å²) in [5.41, 5.74) is 0.606. The molecule has 0 aliphatic rings. The van der Waals surface area contributed by atoms with Crippen LogP contribution in [-0.2, 0) is 10.0 Å². The fraction of sp³-hybridized carbons (Fsp3) is 0.273. The van der Waals surface area contributed by atoms with Crippen LogP contribution in [0.1, 0.15) is 18.5 Å². The molecule has 2 rings (SSSR count). The molecule has 0 aliphatic carbocycles. The Morgan fingerprint density at radius 1 is 1.43 bits per heavy atom. The predicted octanol–water partition coefficient (Wildman–Crippen LogP) is 2.80. The highest BCUT2D eigenvalue weighted by atomic mass is 32.2. The second-order valence-corrected chi connectivity index (χ2v) is 7.96. The Balaban J connectivity index is 2.29. The van der Waals surface area contributed by atoms with E-state index >= 15 is 0 Å². The highest BCUT2D eigenvalue weighted by molar-refractivity contribution is 7.91. The fourth-order valence-electron chi connectivity index (χ4n) is 1.69. The van der Waals surface area contributed by atoms with Crippen molar-refractivity contribution < 1.29 is 13.3 Å². The molecular weight excluding hydrogens is 334 g/mol. The Morgan fingerprint density at radius 3 is 2.62 bits per heavy atom. The maximum atomic E-state index is 12.3. The third-order valence-corrected chi connectivity index (χ3v) is 6.61. The summed E-state index contributed by atoms with van der Waals surface area (Å²) in [4.78, 5) is 10.3. The quantitative estimate of drug-likeness (QED) is 0.618. The van der Waals surface area contributed by atoms with Crippen LogP contribution >= 0.6 is 22.7 Å². The molecule has 0 fully saturated rings. The lowest BCUT2D eigenvalue weighted by molar-refractivity contribution is -0.383.